The van der Waals surface area contributed by atoms with E-state index in [9.17, 15) is 9.59 Å². The molecular formula is C24H19ClN2O4. The molecule has 31 heavy (non-hydrogen) atoms. The van der Waals surface area contributed by atoms with E-state index in [2.05, 4.69) is 4.98 Å². The molecule has 2 heterocycles. The van der Waals surface area contributed by atoms with Crippen LogP contribution in [0, 0.1) is 6.92 Å². The van der Waals surface area contributed by atoms with E-state index in [1.165, 1.54) is 16.7 Å². The Morgan fingerprint density at radius 1 is 1.03 bits per heavy atom. The standard InChI is InChI=1S/C24H19ClN2O4/c1-16-6-2-3-7-17(16)14-30-21-9-5-4-8-20(21)24(29)31-15-19-12-23(28)27-13-18(25)10-11-22(27)26-19/h2-13H,14-15H2,1H3. The average Bonchev–Trinajstić information content (AvgIpc) is 2.77. The Labute approximate surface area is 183 Å². The van der Waals surface area contributed by atoms with Crippen molar-refractivity contribution in [1.29, 1.82) is 0 Å². The van der Waals surface area contributed by atoms with Crippen LogP contribution in [0.4, 0.5) is 0 Å². The van der Waals surface area contributed by atoms with Crippen molar-refractivity contribution in [1.82, 2.24) is 9.38 Å². The number of hydrogen-bond donors (Lipinski definition) is 0. The molecule has 0 saturated carbocycles. The van der Waals surface area contributed by atoms with E-state index in [-0.39, 0.29) is 12.2 Å². The molecule has 4 rings (SSSR count). The van der Waals surface area contributed by atoms with Crippen molar-refractivity contribution in [2.45, 2.75) is 20.1 Å². The zero-order valence-corrected chi connectivity index (χ0v) is 17.5. The third-order valence-corrected chi connectivity index (χ3v) is 5.00. The molecule has 2 aromatic heterocycles. The number of ether oxygens (including phenoxy) is 2. The number of rotatable bonds is 6. The van der Waals surface area contributed by atoms with Gasteiger partial charge in [-0.3, -0.25) is 9.20 Å². The molecule has 0 fully saturated rings. The molecule has 0 aliphatic heterocycles. The van der Waals surface area contributed by atoms with E-state index in [1.807, 2.05) is 31.2 Å². The Bertz CT molecular complexity index is 1320. The van der Waals surface area contributed by atoms with Gasteiger partial charge in [0.2, 0.25) is 0 Å². The zero-order valence-electron chi connectivity index (χ0n) is 16.7. The minimum absolute atomic E-state index is 0.140. The van der Waals surface area contributed by atoms with Gasteiger partial charge in [0.15, 0.2) is 0 Å². The summed E-state index contributed by atoms with van der Waals surface area (Å²) in [7, 11) is 0. The molecule has 0 amide bonds. The quantitative estimate of drug-likeness (QED) is 0.415. The van der Waals surface area contributed by atoms with Crippen LogP contribution in [0.3, 0.4) is 0 Å². The van der Waals surface area contributed by atoms with Crippen LogP contribution in [0.1, 0.15) is 27.2 Å². The molecule has 4 aromatic rings. The maximum atomic E-state index is 12.7. The van der Waals surface area contributed by atoms with Gasteiger partial charge in [-0.1, -0.05) is 48.0 Å². The van der Waals surface area contributed by atoms with Crippen molar-refractivity contribution in [3.63, 3.8) is 0 Å². The van der Waals surface area contributed by atoms with Gasteiger partial charge >= 0.3 is 5.97 Å². The maximum Gasteiger partial charge on any atom is 0.342 e. The summed E-state index contributed by atoms with van der Waals surface area (Å²) in [6, 6.07) is 19.4. The van der Waals surface area contributed by atoms with Crippen LogP contribution >= 0.6 is 11.6 Å². The summed E-state index contributed by atoms with van der Waals surface area (Å²) in [5.74, 6) is -0.129. The number of esters is 1. The molecular weight excluding hydrogens is 416 g/mol. The number of pyridine rings is 1. The third kappa shape index (κ3) is 4.75. The minimum Gasteiger partial charge on any atom is -0.488 e. The number of hydrogen-bond acceptors (Lipinski definition) is 5. The normalized spacial score (nSPS) is 10.8. The fraction of sp³-hybridized carbons (Fsp3) is 0.125. The highest BCUT2D eigenvalue weighted by molar-refractivity contribution is 6.30. The zero-order chi connectivity index (χ0) is 21.8. The smallest absolute Gasteiger partial charge is 0.342 e. The highest BCUT2D eigenvalue weighted by Gasteiger charge is 2.15. The van der Waals surface area contributed by atoms with E-state index in [0.717, 1.165) is 11.1 Å². The molecule has 0 N–H and O–H groups in total. The van der Waals surface area contributed by atoms with Gasteiger partial charge in [0.05, 0.1) is 10.7 Å². The van der Waals surface area contributed by atoms with E-state index >= 15 is 0 Å². The average molecular weight is 435 g/mol. The number of carbonyl (C=O) groups excluding carboxylic acids is 1. The largest absolute Gasteiger partial charge is 0.488 e. The summed E-state index contributed by atoms with van der Waals surface area (Å²) < 4.78 is 12.6. The molecule has 0 atom stereocenters. The Hall–Kier alpha value is -3.64. The summed E-state index contributed by atoms with van der Waals surface area (Å²) in [6.07, 6.45) is 1.49. The van der Waals surface area contributed by atoms with Crippen molar-refractivity contribution in [3.05, 3.63) is 111 Å². The van der Waals surface area contributed by atoms with Crippen molar-refractivity contribution >= 4 is 23.2 Å². The second kappa shape index (κ2) is 9.02. The number of aromatic nitrogens is 2. The fourth-order valence-electron chi connectivity index (χ4n) is 3.11. The van der Waals surface area contributed by atoms with Crippen molar-refractivity contribution < 1.29 is 14.3 Å². The van der Waals surface area contributed by atoms with Crippen molar-refractivity contribution in [2.24, 2.45) is 0 Å². The second-order valence-electron chi connectivity index (χ2n) is 6.95. The van der Waals surface area contributed by atoms with Crippen LogP contribution in [-0.2, 0) is 18.0 Å². The first-order valence-electron chi connectivity index (χ1n) is 9.62. The molecule has 0 spiro atoms. The lowest BCUT2D eigenvalue weighted by molar-refractivity contribution is 0.0462. The van der Waals surface area contributed by atoms with E-state index in [1.54, 1.807) is 36.4 Å². The first-order chi connectivity index (χ1) is 15.0. The second-order valence-corrected chi connectivity index (χ2v) is 7.39. The fourth-order valence-corrected chi connectivity index (χ4v) is 3.27. The number of para-hydroxylation sites is 1. The highest BCUT2D eigenvalue weighted by atomic mass is 35.5. The van der Waals surface area contributed by atoms with Crippen LogP contribution in [-0.4, -0.2) is 15.4 Å². The molecule has 6 nitrogen and oxygen atoms in total. The Balaban J connectivity index is 1.48. The lowest BCUT2D eigenvalue weighted by Crippen LogP contribution is -2.16. The summed E-state index contributed by atoms with van der Waals surface area (Å²) in [6.45, 7) is 2.20. The van der Waals surface area contributed by atoms with Gasteiger partial charge in [-0.05, 0) is 42.3 Å². The first-order valence-corrected chi connectivity index (χ1v) is 10.0. The van der Waals surface area contributed by atoms with Gasteiger partial charge in [0.25, 0.3) is 5.56 Å². The summed E-state index contributed by atoms with van der Waals surface area (Å²) in [4.78, 5) is 29.3. The molecule has 0 saturated heterocycles. The number of carbonyl (C=O) groups is 1. The Morgan fingerprint density at radius 2 is 1.81 bits per heavy atom. The predicted octanol–water partition coefficient (Wildman–Crippen LogP) is 4.59. The van der Waals surface area contributed by atoms with Gasteiger partial charge in [0, 0.05) is 12.3 Å². The first kappa shape index (κ1) is 20.6. The molecule has 0 radical (unpaired) electrons. The van der Waals surface area contributed by atoms with Gasteiger partial charge in [0.1, 0.15) is 30.2 Å². The molecule has 2 aromatic carbocycles. The summed E-state index contributed by atoms with van der Waals surface area (Å²) in [5, 5.41) is 0.429. The molecule has 0 unspecified atom stereocenters. The number of fused-ring (bicyclic) bond motifs is 1. The van der Waals surface area contributed by atoms with Gasteiger partial charge < -0.3 is 9.47 Å². The Morgan fingerprint density at radius 3 is 2.65 bits per heavy atom. The van der Waals surface area contributed by atoms with Gasteiger partial charge in [-0.25, -0.2) is 9.78 Å². The topological polar surface area (TPSA) is 69.9 Å². The van der Waals surface area contributed by atoms with E-state index in [4.69, 9.17) is 21.1 Å². The van der Waals surface area contributed by atoms with Crippen molar-refractivity contribution in [2.75, 3.05) is 0 Å². The van der Waals surface area contributed by atoms with Gasteiger partial charge in [-0.2, -0.15) is 0 Å². The number of benzene rings is 2. The molecule has 7 heteroatoms. The monoisotopic (exact) mass is 434 g/mol. The lowest BCUT2D eigenvalue weighted by Gasteiger charge is -2.12. The minimum atomic E-state index is -0.557. The van der Waals surface area contributed by atoms with E-state index in [0.29, 0.717) is 34.3 Å². The molecule has 0 bridgehead atoms. The number of halogens is 1. The van der Waals surface area contributed by atoms with Crippen LogP contribution < -0.4 is 10.3 Å². The predicted molar refractivity (Wildman–Crippen MR) is 118 cm³/mol. The highest BCUT2D eigenvalue weighted by Crippen LogP contribution is 2.21. The van der Waals surface area contributed by atoms with Crippen LogP contribution in [0.15, 0.2) is 77.7 Å². The third-order valence-electron chi connectivity index (χ3n) is 4.78. The Kier molecular flexibility index (Phi) is 6.00. The van der Waals surface area contributed by atoms with Gasteiger partial charge in [-0.15, -0.1) is 0 Å². The molecule has 0 aliphatic rings. The van der Waals surface area contributed by atoms with Crippen LogP contribution in [0.2, 0.25) is 5.02 Å². The summed E-state index contributed by atoms with van der Waals surface area (Å²) in [5.41, 5.74) is 2.91. The molecule has 156 valence electrons. The van der Waals surface area contributed by atoms with Crippen molar-refractivity contribution in [3.8, 4) is 5.75 Å². The number of nitrogens with zero attached hydrogens (tertiary/aromatic N) is 2. The lowest BCUT2D eigenvalue weighted by atomic mass is 10.1. The van der Waals surface area contributed by atoms with E-state index < -0.39 is 5.97 Å². The summed E-state index contributed by atoms with van der Waals surface area (Å²) >= 11 is 5.92. The maximum absolute atomic E-state index is 12.7. The number of aryl methyl sites for hydroxylation is 1. The van der Waals surface area contributed by atoms with Crippen LogP contribution in [0.25, 0.3) is 5.65 Å². The molecule has 0 aliphatic carbocycles. The SMILES string of the molecule is Cc1ccccc1COc1ccccc1C(=O)OCc1cc(=O)n2cc(Cl)ccc2n1. The van der Waals surface area contributed by atoms with Crippen LogP contribution in [0.5, 0.6) is 5.75 Å².